The number of anilines is 1. The second-order valence-corrected chi connectivity index (χ2v) is 12.5. The van der Waals surface area contributed by atoms with Crippen molar-refractivity contribution in [2.45, 2.75) is 36.2 Å². The van der Waals surface area contributed by atoms with Gasteiger partial charge in [-0.05, 0) is 48.9 Å². The molecule has 5 N–H and O–H groups in total. The van der Waals surface area contributed by atoms with E-state index in [1.54, 1.807) is 23.9 Å². The molecule has 0 bridgehead atoms. The molecule has 2 aromatic heterocycles. The van der Waals surface area contributed by atoms with Crippen molar-refractivity contribution in [3.05, 3.63) is 70.1 Å². The van der Waals surface area contributed by atoms with Crippen LogP contribution in [-0.2, 0) is 37.5 Å². The first-order valence-electron chi connectivity index (χ1n) is 12.5. The van der Waals surface area contributed by atoms with Crippen molar-refractivity contribution in [2.24, 2.45) is 5.73 Å². The Balaban J connectivity index is 0.00000237. The average Bonchev–Trinajstić information content (AvgIpc) is 3.57. The molecule has 0 aliphatic rings. The van der Waals surface area contributed by atoms with Gasteiger partial charge in [-0.1, -0.05) is 41.9 Å². The summed E-state index contributed by atoms with van der Waals surface area (Å²) in [5.74, 6) is -0.0910. The Morgan fingerprint density at radius 1 is 1.14 bits per heavy atom. The maximum atomic E-state index is 13.0. The molecule has 42 heavy (non-hydrogen) atoms. The number of primary amides is 1. The van der Waals surface area contributed by atoms with Crippen LogP contribution in [0.25, 0.3) is 10.9 Å². The predicted octanol–water partition coefficient (Wildman–Crippen LogP) is 2.89. The molecular weight excluding hydrogens is 604 g/mol. The highest BCUT2D eigenvalue weighted by Crippen LogP contribution is 2.35. The van der Waals surface area contributed by atoms with Crippen molar-refractivity contribution in [3.8, 4) is 5.75 Å². The van der Waals surface area contributed by atoms with Crippen LogP contribution in [0, 0.1) is 0 Å². The minimum atomic E-state index is -3.93. The highest BCUT2D eigenvalue weighted by molar-refractivity contribution is 7.94. The number of likely N-dealkylation sites (N-methyl/N-ethyl adjacent to an activating group) is 1. The second-order valence-electron chi connectivity index (χ2n) is 8.91. The number of benzene rings is 2. The summed E-state index contributed by atoms with van der Waals surface area (Å²) in [6.45, 7) is 2.61. The molecule has 2 aromatic carbocycles. The summed E-state index contributed by atoms with van der Waals surface area (Å²) in [7, 11) is -0.768. The Morgan fingerprint density at radius 3 is 2.50 bits per heavy atom. The van der Waals surface area contributed by atoms with Crippen LogP contribution in [0.4, 0.5) is 5.82 Å². The zero-order chi connectivity index (χ0) is 30.9. The monoisotopic (exact) mass is 634 g/mol. The normalized spacial score (nSPS) is 11.8. The quantitative estimate of drug-likeness (QED) is 0.174. The molecule has 0 radical (unpaired) electrons. The lowest BCUT2D eigenvalue weighted by molar-refractivity contribution is -0.123. The number of hydrogen-bond acceptors (Lipinski definition) is 9. The Morgan fingerprint density at radius 2 is 1.86 bits per heavy atom. The zero-order valence-corrected chi connectivity index (χ0v) is 25.3. The van der Waals surface area contributed by atoms with Gasteiger partial charge in [0.05, 0.1) is 34.9 Å². The Labute approximate surface area is 252 Å². The van der Waals surface area contributed by atoms with E-state index in [0.29, 0.717) is 34.0 Å². The van der Waals surface area contributed by atoms with Gasteiger partial charge in [0.1, 0.15) is 16.7 Å². The van der Waals surface area contributed by atoms with Crippen molar-refractivity contribution in [1.29, 1.82) is 0 Å². The number of rotatable bonds is 13. The lowest BCUT2D eigenvalue weighted by atomic mass is 10.1. The number of nitrogens with two attached hydrogens (primary N) is 1. The fourth-order valence-corrected chi connectivity index (χ4v) is 6.69. The van der Waals surface area contributed by atoms with Crippen LogP contribution in [0.1, 0.15) is 24.0 Å². The average molecular weight is 635 g/mol. The van der Waals surface area contributed by atoms with Gasteiger partial charge < -0.3 is 25.9 Å². The number of ether oxygens (including phenoxy) is 1. The molecule has 224 valence electrons. The van der Waals surface area contributed by atoms with Gasteiger partial charge in [0.2, 0.25) is 11.8 Å². The first kappa shape index (κ1) is 32.5. The van der Waals surface area contributed by atoms with Crippen LogP contribution in [0.2, 0.25) is 4.34 Å². The third-order valence-electron chi connectivity index (χ3n) is 6.14. The van der Waals surface area contributed by atoms with E-state index < -0.39 is 22.0 Å². The SMILES string of the molecule is C=O.CNC(CCC(N)=O)C(=O)NCc1cccc(Cn2nc(NS(=O)(=O)c3ccc(Cl)s3)c3c(OC)cccc32)c1. The smallest absolute Gasteiger partial charge is 0.272 e. The van der Waals surface area contributed by atoms with Gasteiger partial charge in [-0.15, -0.1) is 11.3 Å². The molecule has 12 nitrogen and oxygen atoms in total. The standard InChI is InChI=1S/C26H29ClN6O5S2.CH2O/c1-29-18(9-11-22(28)34)26(35)30-14-16-5-3-6-17(13-16)15-33-19-7-4-8-20(38-2)24(19)25(31-33)32-40(36,37)23-12-10-21(27)39-23;1-2/h3-8,10,12-13,18,29H,9,11,14-15H2,1-2H3,(H2,28,34)(H,30,35)(H,31,32);1H2. The summed E-state index contributed by atoms with van der Waals surface area (Å²) in [5.41, 5.74) is 7.62. The summed E-state index contributed by atoms with van der Waals surface area (Å²) in [4.78, 5) is 31.6. The van der Waals surface area contributed by atoms with Crippen LogP contribution in [0.15, 0.2) is 58.8 Å². The summed E-state index contributed by atoms with van der Waals surface area (Å²) in [6.07, 6.45) is 0.412. The van der Waals surface area contributed by atoms with Crippen LogP contribution < -0.4 is 25.8 Å². The van der Waals surface area contributed by atoms with Crippen molar-refractivity contribution in [2.75, 3.05) is 18.9 Å². The number of halogens is 1. The molecule has 0 saturated carbocycles. The fourth-order valence-electron chi connectivity index (χ4n) is 4.20. The summed E-state index contributed by atoms with van der Waals surface area (Å²) in [6, 6.07) is 15.4. The predicted molar refractivity (Wildman–Crippen MR) is 162 cm³/mol. The molecule has 15 heteroatoms. The fraction of sp³-hybridized carbons (Fsp3) is 0.259. The van der Waals surface area contributed by atoms with Gasteiger partial charge in [0, 0.05) is 13.0 Å². The third-order valence-corrected chi connectivity index (χ3v) is 9.20. The molecular formula is C27H31ClN6O6S2. The van der Waals surface area contributed by atoms with Crippen molar-refractivity contribution in [3.63, 3.8) is 0 Å². The first-order valence-corrected chi connectivity index (χ1v) is 15.2. The number of nitrogens with zero attached hydrogens (tertiary/aromatic N) is 2. The largest absolute Gasteiger partial charge is 0.496 e. The molecule has 0 aliphatic carbocycles. The van der Waals surface area contributed by atoms with Crippen LogP contribution in [0.5, 0.6) is 5.75 Å². The summed E-state index contributed by atoms with van der Waals surface area (Å²) >= 11 is 6.90. The van der Waals surface area contributed by atoms with E-state index in [9.17, 15) is 18.0 Å². The van der Waals surface area contributed by atoms with E-state index in [1.165, 1.54) is 19.2 Å². The molecule has 4 rings (SSSR count). The number of sulfonamides is 1. The number of carbonyl (C=O) groups is 3. The lowest BCUT2D eigenvalue weighted by Gasteiger charge is -2.15. The molecule has 0 spiro atoms. The molecule has 1 atom stereocenters. The topological polar surface area (TPSA) is 175 Å². The molecule has 0 fully saturated rings. The van der Waals surface area contributed by atoms with E-state index in [1.807, 2.05) is 37.1 Å². The van der Waals surface area contributed by atoms with Gasteiger partial charge >= 0.3 is 0 Å². The third kappa shape index (κ3) is 8.06. The summed E-state index contributed by atoms with van der Waals surface area (Å²) in [5, 5.41) is 10.9. The van der Waals surface area contributed by atoms with E-state index in [4.69, 9.17) is 26.9 Å². The number of nitrogens with one attached hydrogen (secondary N) is 3. The van der Waals surface area contributed by atoms with E-state index >= 15 is 0 Å². The number of carbonyl (C=O) groups excluding carboxylic acids is 3. The number of hydrogen-bond donors (Lipinski definition) is 4. The second kappa shape index (κ2) is 14.8. The van der Waals surface area contributed by atoms with Gasteiger partial charge in [0.25, 0.3) is 10.0 Å². The lowest BCUT2D eigenvalue weighted by Crippen LogP contribution is -2.42. The van der Waals surface area contributed by atoms with Crippen molar-refractivity contribution >= 4 is 68.3 Å². The van der Waals surface area contributed by atoms with Gasteiger partial charge in [-0.25, -0.2) is 8.42 Å². The summed E-state index contributed by atoms with van der Waals surface area (Å²) < 4.78 is 36.3. The molecule has 0 aliphatic heterocycles. The first-order chi connectivity index (χ1) is 20.1. The maximum Gasteiger partial charge on any atom is 0.272 e. The minimum Gasteiger partial charge on any atom is -0.496 e. The van der Waals surface area contributed by atoms with Gasteiger partial charge in [-0.3, -0.25) is 19.0 Å². The van der Waals surface area contributed by atoms with E-state index in [-0.39, 0.29) is 28.9 Å². The maximum absolute atomic E-state index is 13.0. The van der Waals surface area contributed by atoms with Crippen LogP contribution in [-0.4, -0.2) is 57.0 Å². The molecule has 1 unspecified atom stereocenters. The van der Waals surface area contributed by atoms with Gasteiger partial charge in [-0.2, -0.15) is 5.10 Å². The Hall–Kier alpha value is -3.98. The number of thiophene rings is 1. The minimum absolute atomic E-state index is 0.0694. The number of fused-ring (bicyclic) bond motifs is 1. The van der Waals surface area contributed by atoms with E-state index in [0.717, 1.165) is 22.5 Å². The molecule has 4 aromatic rings. The number of amides is 2. The Bertz CT molecular complexity index is 1660. The number of aromatic nitrogens is 2. The number of methoxy groups -OCH3 is 1. The highest BCUT2D eigenvalue weighted by atomic mass is 35.5. The highest BCUT2D eigenvalue weighted by Gasteiger charge is 2.23. The van der Waals surface area contributed by atoms with Crippen molar-refractivity contribution < 1.29 is 27.5 Å². The van der Waals surface area contributed by atoms with Crippen LogP contribution >= 0.6 is 22.9 Å². The van der Waals surface area contributed by atoms with Crippen molar-refractivity contribution in [1.82, 2.24) is 20.4 Å². The molecule has 2 heterocycles. The molecule has 2 amide bonds. The Kier molecular flexibility index (Phi) is 11.4. The molecule has 0 saturated heterocycles. The van der Waals surface area contributed by atoms with Crippen LogP contribution in [0.3, 0.4) is 0 Å². The van der Waals surface area contributed by atoms with E-state index in [2.05, 4.69) is 20.5 Å². The zero-order valence-electron chi connectivity index (χ0n) is 22.9. The van der Waals surface area contributed by atoms with Gasteiger partial charge in [0.15, 0.2) is 5.82 Å².